The zero-order chi connectivity index (χ0) is 6.43. The topological polar surface area (TPSA) is 29.5 Å². The van der Waals surface area contributed by atoms with Crippen LogP contribution in [0.2, 0.25) is 0 Å². The highest BCUT2D eigenvalue weighted by molar-refractivity contribution is 5.33. The van der Waals surface area contributed by atoms with Crippen LogP contribution < -0.4 is 0 Å². The SMILES string of the molecule is CC1=C(O)C2C=CC1O2. The molecule has 0 amide bonds. The summed E-state index contributed by atoms with van der Waals surface area (Å²) in [5.41, 5.74) is 0.961. The first-order valence-electron chi connectivity index (χ1n) is 3.02. The Bertz CT molecular complexity index is 183. The van der Waals surface area contributed by atoms with Crippen LogP contribution >= 0.6 is 0 Å². The Morgan fingerprint density at radius 2 is 2.11 bits per heavy atom. The molecule has 0 radical (unpaired) electrons. The molecule has 2 atom stereocenters. The van der Waals surface area contributed by atoms with Crippen molar-refractivity contribution in [3.63, 3.8) is 0 Å². The molecular formula is C7H8O2. The van der Waals surface area contributed by atoms with E-state index in [2.05, 4.69) is 0 Å². The van der Waals surface area contributed by atoms with Gasteiger partial charge in [0.25, 0.3) is 0 Å². The fourth-order valence-corrected chi connectivity index (χ4v) is 1.22. The van der Waals surface area contributed by atoms with Gasteiger partial charge in [0, 0.05) is 0 Å². The van der Waals surface area contributed by atoms with Crippen LogP contribution in [0.5, 0.6) is 0 Å². The van der Waals surface area contributed by atoms with Crippen LogP contribution in [-0.4, -0.2) is 17.3 Å². The molecule has 2 nitrogen and oxygen atoms in total. The van der Waals surface area contributed by atoms with E-state index in [-0.39, 0.29) is 12.2 Å². The third kappa shape index (κ3) is 0.485. The number of aliphatic hydroxyl groups is 1. The van der Waals surface area contributed by atoms with E-state index >= 15 is 0 Å². The van der Waals surface area contributed by atoms with Gasteiger partial charge >= 0.3 is 0 Å². The van der Waals surface area contributed by atoms with E-state index in [1.54, 1.807) is 0 Å². The second-order valence-electron chi connectivity index (χ2n) is 2.43. The summed E-state index contributed by atoms with van der Waals surface area (Å²) in [6.45, 7) is 1.89. The second kappa shape index (κ2) is 1.39. The van der Waals surface area contributed by atoms with Crippen molar-refractivity contribution in [2.75, 3.05) is 0 Å². The van der Waals surface area contributed by atoms with Gasteiger partial charge in [-0.05, 0) is 18.6 Å². The molecule has 0 saturated carbocycles. The predicted octanol–water partition coefficient (Wildman–Crippen LogP) is 1.16. The number of hydrogen-bond acceptors (Lipinski definition) is 2. The van der Waals surface area contributed by atoms with Crippen molar-refractivity contribution >= 4 is 0 Å². The number of aliphatic hydroxyl groups excluding tert-OH is 1. The number of hydrogen-bond donors (Lipinski definition) is 1. The Kier molecular flexibility index (Phi) is 0.781. The average Bonchev–Trinajstić information content (AvgIpc) is 2.37. The van der Waals surface area contributed by atoms with Crippen LogP contribution in [0.15, 0.2) is 23.5 Å². The Morgan fingerprint density at radius 3 is 2.44 bits per heavy atom. The molecule has 0 aromatic rings. The summed E-state index contributed by atoms with van der Waals surface area (Å²) >= 11 is 0. The average molecular weight is 124 g/mol. The van der Waals surface area contributed by atoms with E-state index in [4.69, 9.17) is 4.74 Å². The van der Waals surface area contributed by atoms with Crippen LogP contribution in [0.1, 0.15) is 6.92 Å². The molecule has 1 N–H and O–H groups in total. The highest BCUT2D eigenvalue weighted by atomic mass is 16.5. The highest BCUT2D eigenvalue weighted by Gasteiger charge is 2.33. The number of fused-ring (bicyclic) bond motifs is 2. The van der Waals surface area contributed by atoms with Crippen molar-refractivity contribution in [2.45, 2.75) is 19.1 Å². The van der Waals surface area contributed by atoms with Gasteiger partial charge in [0.1, 0.15) is 18.0 Å². The molecule has 0 spiro atoms. The van der Waals surface area contributed by atoms with Gasteiger partial charge in [-0.3, -0.25) is 0 Å². The Labute approximate surface area is 53.4 Å². The smallest absolute Gasteiger partial charge is 0.134 e. The summed E-state index contributed by atoms with van der Waals surface area (Å²) in [7, 11) is 0. The maximum Gasteiger partial charge on any atom is 0.134 e. The first kappa shape index (κ1) is 5.06. The summed E-state index contributed by atoms with van der Waals surface area (Å²) in [4.78, 5) is 0. The van der Waals surface area contributed by atoms with Crippen LogP contribution in [0.3, 0.4) is 0 Å². The summed E-state index contributed by atoms with van der Waals surface area (Å²) in [6.07, 6.45) is 3.79. The molecule has 2 bridgehead atoms. The Morgan fingerprint density at radius 1 is 1.44 bits per heavy atom. The van der Waals surface area contributed by atoms with E-state index in [1.807, 2.05) is 19.1 Å². The minimum atomic E-state index is -0.130. The Hall–Kier alpha value is -0.760. The molecule has 0 aromatic heterocycles. The van der Waals surface area contributed by atoms with Gasteiger partial charge in [-0.2, -0.15) is 0 Å². The summed E-state index contributed by atoms with van der Waals surface area (Å²) in [6, 6.07) is 0. The third-order valence-corrected chi connectivity index (χ3v) is 1.85. The van der Waals surface area contributed by atoms with Gasteiger partial charge in [0.15, 0.2) is 0 Å². The molecule has 2 unspecified atom stereocenters. The van der Waals surface area contributed by atoms with Crippen molar-refractivity contribution in [1.82, 2.24) is 0 Å². The fraction of sp³-hybridized carbons (Fsp3) is 0.429. The van der Waals surface area contributed by atoms with E-state index in [9.17, 15) is 5.11 Å². The molecule has 0 fully saturated rings. The molecule has 9 heavy (non-hydrogen) atoms. The molecule has 0 aromatic carbocycles. The quantitative estimate of drug-likeness (QED) is 0.491. The minimum Gasteiger partial charge on any atom is -0.509 e. The van der Waals surface area contributed by atoms with Crippen molar-refractivity contribution in [1.29, 1.82) is 0 Å². The van der Waals surface area contributed by atoms with Gasteiger partial charge in [-0.15, -0.1) is 0 Å². The van der Waals surface area contributed by atoms with Gasteiger partial charge in [-0.1, -0.05) is 6.08 Å². The largest absolute Gasteiger partial charge is 0.509 e. The molecule has 0 saturated heterocycles. The molecule has 2 heterocycles. The molecule has 2 aliphatic rings. The van der Waals surface area contributed by atoms with Gasteiger partial charge < -0.3 is 9.84 Å². The van der Waals surface area contributed by atoms with E-state index in [0.29, 0.717) is 5.76 Å². The van der Waals surface area contributed by atoms with Crippen molar-refractivity contribution in [3.8, 4) is 0 Å². The zero-order valence-corrected chi connectivity index (χ0v) is 5.16. The Balaban J connectivity index is 2.41. The number of ether oxygens (including phenoxy) is 1. The third-order valence-electron chi connectivity index (χ3n) is 1.85. The van der Waals surface area contributed by atoms with Gasteiger partial charge in [0.05, 0.1) is 0 Å². The van der Waals surface area contributed by atoms with Crippen molar-refractivity contribution in [3.05, 3.63) is 23.5 Å². The van der Waals surface area contributed by atoms with E-state index < -0.39 is 0 Å². The van der Waals surface area contributed by atoms with Crippen LogP contribution in [0.4, 0.5) is 0 Å². The molecular weight excluding hydrogens is 116 g/mol. The zero-order valence-electron chi connectivity index (χ0n) is 5.16. The lowest BCUT2D eigenvalue weighted by Gasteiger charge is -2.00. The minimum absolute atomic E-state index is 0.0648. The maximum atomic E-state index is 9.19. The molecule has 2 rings (SSSR count). The van der Waals surface area contributed by atoms with Gasteiger partial charge in [-0.25, -0.2) is 0 Å². The lowest BCUT2D eigenvalue weighted by molar-refractivity contribution is 0.109. The lowest BCUT2D eigenvalue weighted by Crippen LogP contribution is -2.01. The summed E-state index contributed by atoms with van der Waals surface area (Å²) in [5, 5.41) is 9.19. The van der Waals surface area contributed by atoms with Crippen LogP contribution in [0, 0.1) is 0 Å². The van der Waals surface area contributed by atoms with E-state index in [1.165, 1.54) is 0 Å². The molecule has 2 heteroatoms. The van der Waals surface area contributed by atoms with Crippen molar-refractivity contribution < 1.29 is 9.84 Å². The fourth-order valence-electron chi connectivity index (χ4n) is 1.22. The summed E-state index contributed by atoms with van der Waals surface area (Å²) < 4.78 is 5.26. The molecule has 0 aliphatic carbocycles. The molecule has 2 aliphatic heterocycles. The molecule has 48 valence electrons. The first-order chi connectivity index (χ1) is 4.29. The van der Waals surface area contributed by atoms with Crippen LogP contribution in [-0.2, 0) is 4.74 Å². The summed E-state index contributed by atoms with van der Waals surface area (Å²) in [5.74, 6) is 0.405. The van der Waals surface area contributed by atoms with Crippen molar-refractivity contribution in [2.24, 2.45) is 0 Å². The maximum absolute atomic E-state index is 9.19. The normalized spacial score (nSPS) is 38.8. The monoisotopic (exact) mass is 124 g/mol. The van der Waals surface area contributed by atoms with Crippen LogP contribution in [0.25, 0.3) is 0 Å². The highest BCUT2D eigenvalue weighted by Crippen LogP contribution is 2.31. The second-order valence-corrected chi connectivity index (χ2v) is 2.43. The van der Waals surface area contributed by atoms with Gasteiger partial charge in [0.2, 0.25) is 0 Å². The lowest BCUT2D eigenvalue weighted by atomic mass is 10.1. The predicted molar refractivity (Wildman–Crippen MR) is 33.1 cm³/mol. The number of rotatable bonds is 0. The first-order valence-corrected chi connectivity index (χ1v) is 3.02. The van der Waals surface area contributed by atoms with E-state index in [0.717, 1.165) is 5.57 Å². The standard InChI is InChI=1S/C7H8O2/c1-4-5-2-3-6(9-5)7(4)8/h2-3,5-6,8H,1H3.